The number of ether oxygens (including phenoxy) is 1. The van der Waals surface area contributed by atoms with Gasteiger partial charge in [-0.25, -0.2) is 4.79 Å². The van der Waals surface area contributed by atoms with Crippen molar-refractivity contribution in [2.75, 3.05) is 7.11 Å². The van der Waals surface area contributed by atoms with Crippen molar-refractivity contribution in [2.24, 2.45) is 11.8 Å². The Labute approximate surface area is 119 Å². The van der Waals surface area contributed by atoms with E-state index in [-0.39, 0.29) is 23.4 Å². The predicted octanol–water partition coefficient (Wildman–Crippen LogP) is 2.63. The fourth-order valence-corrected chi connectivity index (χ4v) is 2.50. The van der Waals surface area contributed by atoms with Crippen molar-refractivity contribution in [3.8, 4) is 0 Å². The summed E-state index contributed by atoms with van der Waals surface area (Å²) >= 11 is 0. The summed E-state index contributed by atoms with van der Waals surface area (Å²) in [7, 11) is 1.31. The van der Waals surface area contributed by atoms with Gasteiger partial charge < -0.3 is 4.74 Å². The molecule has 0 aromatic rings. The van der Waals surface area contributed by atoms with Gasteiger partial charge in [0.05, 0.1) is 7.11 Å². The van der Waals surface area contributed by atoms with Gasteiger partial charge >= 0.3 is 5.97 Å². The Hall–Kier alpha value is -1.71. The number of carbonyl (C=O) groups excluding carboxylic acids is 3. The predicted molar refractivity (Wildman–Crippen MR) is 76.0 cm³/mol. The molecular formula is C16H22O4. The van der Waals surface area contributed by atoms with E-state index in [1.54, 1.807) is 6.08 Å². The number of hydrogen-bond acceptors (Lipinski definition) is 4. The van der Waals surface area contributed by atoms with Crippen molar-refractivity contribution < 1.29 is 19.1 Å². The molecular weight excluding hydrogens is 256 g/mol. The number of esters is 1. The van der Waals surface area contributed by atoms with Crippen LogP contribution in [0.25, 0.3) is 0 Å². The fraction of sp³-hybridized carbons (Fsp3) is 0.562. The molecule has 4 nitrogen and oxygen atoms in total. The van der Waals surface area contributed by atoms with E-state index in [4.69, 9.17) is 0 Å². The van der Waals surface area contributed by atoms with Crippen LogP contribution in [0.4, 0.5) is 0 Å². The first kappa shape index (κ1) is 16.3. The van der Waals surface area contributed by atoms with Crippen LogP contribution >= 0.6 is 0 Å². The molecule has 0 aromatic carbocycles. The highest BCUT2D eigenvalue weighted by Gasteiger charge is 2.30. The molecule has 1 rings (SSSR count). The third kappa shape index (κ3) is 4.44. The second-order valence-electron chi connectivity index (χ2n) is 5.58. The molecule has 2 atom stereocenters. The summed E-state index contributed by atoms with van der Waals surface area (Å²) in [6.07, 6.45) is 4.48. The maximum absolute atomic E-state index is 12.1. The average molecular weight is 278 g/mol. The number of methoxy groups -OCH3 is 1. The van der Waals surface area contributed by atoms with E-state index in [2.05, 4.69) is 4.74 Å². The molecule has 0 aromatic heterocycles. The largest absolute Gasteiger partial charge is 0.466 e. The molecule has 0 bridgehead atoms. The van der Waals surface area contributed by atoms with Crippen molar-refractivity contribution >= 4 is 17.5 Å². The normalized spacial score (nSPS) is 19.9. The van der Waals surface area contributed by atoms with Crippen molar-refractivity contribution in [1.29, 1.82) is 0 Å². The van der Waals surface area contributed by atoms with E-state index < -0.39 is 5.97 Å². The second kappa shape index (κ2) is 7.17. The Kier molecular flexibility index (Phi) is 5.86. The molecule has 0 fully saturated rings. The molecule has 20 heavy (non-hydrogen) atoms. The fourth-order valence-electron chi connectivity index (χ4n) is 2.50. The lowest BCUT2D eigenvalue weighted by Gasteiger charge is -2.24. The van der Waals surface area contributed by atoms with Crippen LogP contribution < -0.4 is 0 Å². The highest BCUT2D eigenvalue weighted by Crippen LogP contribution is 2.29. The third-order valence-corrected chi connectivity index (χ3v) is 3.51. The molecule has 0 saturated carbocycles. The zero-order valence-corrected chi connectivity index (χ0v) is 12.6. The van der Waals surface area contributed by atoms with Crippen LogP contribution in [0.1, 0.15) is 40.0 Å². The summed E-state index contributed by atoms with van der Waals surface area (Å²) in [4.78, 5) is 35.2. The van der Waals surface area contributed by atoms with E-state index in [1.807, 2.05) is 20.8 Å². The Balaban J connectivity index is 2.68. The standard InChI is InChI=1S/C16H22O4/c1-10(2)7-13(17)8-11(3)14-6-5-12(9-15(14)18)16(19)20-4/h7,9,11,14H,5-6,8H2,1-4H3. The van der Waals surface area contributed by atoms with Crippen LogP contribution in [0.5, 0.6) is 0 Å². The lowest BCUT2D eigenvalue weighted by atomic mass is 9.78. The van der Waals surface area contributed by atoms with Crippen LogP contribution in [0.15, 0.2) is 23.3 Å². The van der Waals surface area contributed by atoms with Gasteiger partial charge in [0, 0.05) is 17.9 Å². The quantitative estimate of drug-likeness (QED) is 0.573. The molecule has 2 unspecified atom stereocenters. The van der Waals surface area contributed by atoms with Crippen LogP contribution in [0.3, 0.4) is 0 Å². The van der Waals surface area contributed by atoms with E-state index in [0.29, 0.717) is 24.8 Å². The monoisotopic (exact) mass is 278 g/mol. The first-order valence-electron chi connectivity index (χ1n) is 6.85. The first-order chi connectivity index (χ1) is 9.35. The van der Waals surface area contributed by atoms with Gasteiger partial charge in [0.15, 0.2) is 11.6 Å². The minimum atomic E-state index is -0.440. The topological polar surface area (TPSA) is 60.4 Å². The van der Waals surface area contributed by atoms with Gasteiger partial charge in [-0.15, -0.1) is 0 Å². The highest BCUT2D eigenvalue weighted by molar-refractivity contribution is 6.02. The molecule has 0 spiro atoms. The molecule has 110 valence electrons. The zero-order chi connectivity index (χ0) is 15.3. The van der Waals surface area contributed by atoms with Crippen molar-refractivity contribution in [3.05, 3.63) is 23.3 Å². The minimum absolute atomic E-state index is 0.0129. The van der Waals surface area contributed by atoms with Gasteiger partial charge in [-0.2, -0.15) is 0 Å². The molecule has 0 amide bonds. The lowest BCUT2D eigenvalue weighted by molar-refractivity contribution is -0.137. The summed E-state index contributed by atoms with van der Waals surface area (Å²) in [6.45, 7) is 5.66. The van der Waals surface area contributed by atoms with Crippen molar-refractivity contribution in [3.63, 3.8) is 0 Å². The van der Waals surface area contributed by atoms with Gasteiger partial charge in [-0.3, -0.25) is 9.59 Å². The Morgan fingerprint density at radius 2 is 2.10 bits per heavy atom. The summed E-state index contributed by atoms with van der Waals surface area (Å²) < 4.78 is 4.62. The van der Waals surface area contributed by atoms with Crippen LogP contribution in [0.2, 0.25) is 0 Å². The van der Waals surface area contributed by atoms with Gasteiger partial charge in [-0.05, 0) is 44.8 Å². The summed E-state index contributed by atoms with van der Waals surface area (Å²) in [5.41, 5.74) is 1.39. The van der Waals surface area contributed by atoms with E-state index in [1.165, 1.54) is 13.2 Å². The second-order valence-corrected chi connectivity index (χ2v) is 5.58. The first-order valence-corrected chi connectivity index (χ1v) is 6.85. The lowest BCUT2D eigenvalue weighted by Crippen LogP contribution is -2.27. The summed E-state index contributed by atoms with van der Waals surface area (Å²) in [5.74, 6) is -0.661. The molecule has 1 aliphatic carbocycles. The van der Waals surface area contributed by atoms with Crippen LogP contribution in [0, 0.1) is 11.8 Å². The number of ketones is 2. The van der Waals surface area contributed by atoms with E-state index >= 15 is 0 Å². The van der Waals surface area contributed by atoms with Gasteiger partial charge in [-0.1, -0.05) is 12.5 Å². The van der Waals surface area contributed by atoms with E-state index in [9.17, 15) is 14.4 Å². The van der Waals surface area contributed by atoms with Crippen molar-refractivity contribution in [2.45, 2.75) is 40.0 Å². The van der Waals surface area contributed by atoms with Crippen LogP contribution in [-0.2, 0) is 19.1 Å². The van der Waals surface area contributed by atoms with Gasteiger partial charge in [0.25, 0.3) is 0 Å². The molecule has 0 saturated heterocycles. The average Bonchev–Trinajstić information content (AvgIpc) is 2.36. The number of allylic oxidation sites excluding steroid dienone is 3. The SMILES string of the molecule is COC(=O)C1=CC(=O)C(C(C)CC(=O)C=C(C)C)CC1. The molecule has 0 aliphatic heterocycles. The van der Waals surface area contributed by atoms with Crippen molar-refractivity contribution in [1.82, 2.24) is 0 Å². The summed E-state index contributed by atoms with van der Waals surface area (Å²) in [5, 5.41) is 0. The zero-order valence-electron chi connectivity index (χ0n) is 12.6. The summed E-state index contributed by atoms with van der Waals surface area (Å²) in [6, 6.07) is 0. The number of rotatable bonds is 5. The molecule has 0 N–H and O–H groups in total. The van der Waals surface area contributed by atoms with E-state index in [0.717, 1.165) is 5.57 Å². The Morgan fingerprint density at radius 1 is 1.45 bits per heavy atom. The maximum atomic E-state index is 12.1. The highest BCUT2D eigenvalue weighted by atomic mass is 16.5. The maximum Gasteiger partial charge on any atom is 0.333 e. The molecule has 0 radical (unpaired) electrons. The molecule has 0 heterocycles. The Morgan fingerprint density at radius 3 is 2.60 bits per heavy atom. The number of hydrogen-bond donors (Lipinski definition) is 0. The smallest absolute Gasteiger partial charge is 0.333 e. The minimum Gasteiger partial charge on any atom is -0.466 e. The third-order valence-electron chi connectivity index (χ3n) is 3.51. The van der Waals surface area contributed by atoms with Gasteiger partial charge in [0.2, 0.25) is 0 Å². The Bertz CT molecular complexity index is 467. The molecule has 1 aliphatic rings. The van der Waals surface area contributed by atoms with Gasteiger partial charge in [0.1, 0.15) is 0 Å². The number of carbonyl (C=O) groups is 3. The van der Waals surface area contributed by atoms with Crippen LogP contribution in [-0.4, -0.2) is 24.6 Å². The molecule has 4 heteroatoms.